The number of aromatic nitrogens is 8. The van der Waals surface area contributed by atoms with Crippen molar-refractivity contribution in [3.63, 3.8) is 0 Å². The fourth-order valence-corrected chi connectivity index (χ4v) is 24.1. The van der Waals surface area contributed by atoms with Gasteiger partial charge < -0.3 is 53.1 Å². The van der Waals surface area contributed by atoms with Gasteiger partial charge in [0.15, 0.2) is 10.3 Å². The zero-order valence-electron chi connectivity index (χ0n) is 77.2. The monoisotopic (exact) mass is 2040 g/mol. The van der Waals surface area contributed by atoms with E-state index in [0.717, 1.165) is 96.3 Å². The van der Waals surface area contributed by atoms with Crippen LogP contribution in [-0.4, -0.2) is 215 Å². The Balaban J connectivity index is 0.000000171. The number of carbonyl (C=O) groups is 4. The summed E-state index contributed by atoms with van der Waals surface area (Å²) >= 11 is 8.61. The highest BCUT2D eigenvalue weighted by Crippen LogP contribution is 2.47. The summed E-state index contributed by atoms with van der Waals surface area (Å²) < 4.78 is 135. The van der Waals surface area contributed by atoms with E-state index in [1.807, 2.05) is 109 Å². The quantitative estimate of drug-likeness (QED) is 0.0462. The fraction of sp³-hybridized carbons (Fsp3) is 0.293. The molecule has 12 heterocycles. The molecule has 41 heteroatoms. The first-order valence-electron chi connectivity index (χ1n) is 45.7. The second-order valence-corrected chi connectivity index (χ2v) is 44.0. The fourth-order valence-electron chi connectivity index (χ4n) is 18.4. The predicted octanol–water partition coefficient (Wildman–Crippen LogP) is 16.1. The number of rotatable bonds is 23. The van der Waals surface area contributed by atoms with Gasteiger partial charge in [0, 0.05) is 202 Å². The second kappa shape index (κ2) is 42.2. The van der Waals surface area contributed by atoms with Crippen molar-refractivity contribution in [3.8, 4) is 5.75 Å². The minimum atomic E-state index is -3.81. The Hall–Kier alpha value is -13.6. The molecule has 20 rings (SSSR count). The number of benzene rings is 8. The molecular weight excluding hydrogens is 1920 g/mol. The molecule has 4 amide bonds. The third-order valence-corrected chi connectivity index (χ3v) is 33.2. The lowest BCUT2D eigenvalue weighted by Crippen LogP contribution is -2.55. The average Bonchev–Trinajstić information content (AvgIpc) is 1.57. The van der Waals surface area contributed by atoms with E-state index in [2.05, 4.69) is 93.5 Å². The van der Waals surface area contributed by atoms with Crippen LogP contribution in [0.4, 0.5) is 54.9 Å². The van der Waals surface area contributed by atoms with Crippen molar-refractivity contribution in [2.24, 2.45) is 5.92 Å². The van der Waals surface area contributed by atoms with Crippen molar-refractivity contribution in [2.45, 2.75) is 103 Å². The number of amides is 4. The third kappa shape index (κ3) is 22.1. The van der Waals surface area contributed by atoms with Crippen LogP contribution in [0.3, 0.4) is 0 Å². The van der Waals surface area contributed by atoms with Gasteiger partial charge in [0.2, 0.25) is 29.6 Å². The SMILES string of the molecule is CC(C(=O)N1CCN(c2ccc(S(=O)(=O)Nc3ccncn3)cc2)CC1)N1CCCc2cc(Cl)ccc21.CC(C)[C@H](C(=O)N1CCN(c2ccc(S(=O)(=O)Nc3nccs3)cc2)C(=O)C1)n1ccc2c(F)cccc21.C[C@@H](C(=O)N1CCN(c2ccc(S(=O)(=O)Nc3ncccn3)cc2)CC1)n1ccc2ccccc21.Cc1ccc2c(c1)C1(CCN(c3ccc(S(=O)(=O)Nc4nccs4)cc3)CC1)CO2.[HH].[HH].[HH].[HH].[HH]. The number of thiazole rings is 2. The van der Waals surface area contributed by atoms with Crippen molar-refractivity contribution < 1.29 is 69.1 Å². The van der Waals surface area contributed by atoms with Crippen molar-refractivity contribution in [1.82, 2.24) is 53.7 Å². The lowest BCUT2D eigenvalue weighted by molar-refractivity contribution is -0.140. The van der Waals surface area contributed by atoms with Gasteiger partial charge in [0.05, 0.1) is 31.7 Å². The van der Waals surface area contributed by atoms with E-state index >= 15 is 0 Å². The predicted molar refractivity (Wildman–Crippen MR) is 553 cm³/mol. The van der Waals surface area contributed by atoms with Crippen LogP contribution in [0.1, 0.15) is 82.9 Å². The van der Waals surface area contributed by atoms with Gasteiger partial charge in [-0.1, -0.05) is 67.4 Å². The molecule has 3 atom stereocenters. The van der Waals surface area contributed by atoms with Crippen LogP contribution in [-0.2, 0) is 71.1 Å². The van der Waals surface area contributed by atoms with Crippen molar-refractivity contribution in [2.75, 3.05) is 142 Å². The standard InChI is InChI=1S/C26H29ClN6O3S.C26H26FN5O4S2.C25H26N6O3S.C22H23N3O3S2.5H2/c1-19(33-12-2-3-20-17-21(27)4-9-24(20)33)26(34)32-15-13-31(14-16-32)22-5-7-23(8-6-22)37(35,36)30-25-10-11-28-18-29-25;1-17(2)24(32-12-10-20-21(27)4-3-5-22(20)32)25(34)30-13-14-31(23(33)16-30)18-6-8-19(9-7-18)38(35,36)29-26-28-11-15-37-26;1-19(31-14-11-20-5-2-3-6-23(20)31)24(32)30-17-15-29(16-18-30)21-7-9-22(10-8-21)35(33,34)28-25-26-12-4-13-27-25;1-16-2-7-20-19(14-16)22(15-28-20)8-11-25(12-9-22)17-3-5-18(6-4-17)30(26,27)24-21-23-10-13-29-21;;;;;/h4-11,17-19H,2-3,12-16H2,1H3,(H,28,29,30);3-12,15,17,24H,13-14,16H2,1-2H3,(H,28,29);2-14,19H,15-18H2,1H3,(H,26,27,28);2-7,10,13-14H,8-9,11-12,15H2,1H3,(H,23,24);5*1H/t;24-;19-;;;;;;/m.10....../s1. The molecule has 738 valence electrons. The zero-order chi connectivity index (χ0) is 98.2. The Morgan fingerprint density at radius 1 is 0.493 bits per heavy atom. The Morgan fingerprint density at radius 2 is 1.03 bits per heavy atom. The summed E-state index contributed by atoms with van der Waals surface area (Å²) in [5.74, 6) is 0.569. The van der Waals surface area contributed by atoms with Crippen molar-refractivity contribution in [3.05, 3.63) is 288 Å². The summed E-state index contributed by atoms with van der Waals surface area (Å²) in [5.41, 5.74) is 10.1. The van der Waals surface area contributed by atoms with Crippen LogP contribution in [0.5, 0.6) is 5.75 Å². The van der Waals surface area contributed by atoms with Crippen LogP contribution in [0.25, 0.3) is 21.8 Å². The summed E-state index contributed by atoms with van der Waals surface area (Å²) in [6.07, 6.45) is 16.5. The van der Waals surface area contributed by atoms with Gasteiger partial charge in [-0.15, -0.1) is 22.7 Å². The van der Waals surface area contributed by atoms with E-state index in [4.69, 9.17) is 16.3 Å². The molecular formula is C99H114ClFN20O13S6. The largest absolute Gasteiger partial charge is 0.492 e. The Morgan fingerprint density at radius 3 is 1.59 bits per heavy atom. The van der Waals surface area contributed by atoms with Gasteiger partial charge in [-0.25, -0.2) is 72.7 Å². The number of aryl methyl sites for hydroxylation is 2. The molecule has 4 fully saturated rings. The van der Waals surface area contributed by atoms with E-state index in [1.165, 1.54) is 99.6 Å². The molecule has 0 aliphatic carbocycles. The van der Waals surface area contributed by atoms with Gasteiger partial charge in [0.1, 0.15) is 48.4 Å². The number of halogens is 2. The number of hydrogen-bond donors (Lipinski definition) is 4. The van der Waals surface area contributed by atoms with Gasteiger partial charge in [-0.2, -0.15) is 0 Å². The van der Waals surface area contributed by atoms with Crippen LogP contribution < -0.4 is 48.1 Å². The number of hydrogen-bond acceptors (Lipinski definition) is 25. The molecule has 140 heavy (non-hydrogen) atoms. The molecule has 0 saturated carbocycles. The molecule has 0 bridgehead atoms. The summed E-state index contributed by atoms with van der Waals surface area (Å²) in [7, 11) is -15.0. The zero-order valence-corrected chi connectivity index (χ0v) is 82.9. The van der Waals surface area contributed by atoms with Gasteiger partial charge >= 0.3 is 0 Å². The summed E-state index contributed by atoms with van der Waals surface area (Å²) in [6, 6.07) is 57.4. The highest BCUT2D eigenvalue weighted by atomic mass is 35.5. The van der Waals surface area contributed by atoms with Crippen molar-refractivity contribution >= 4 is 170 Å². The summed E-state index contributed by atoms with van der Waals surface area (Å²) in [4.78, 5) is 93.0. The molecule has 4 N–H and O–H groups in total. The molecule has 6 aliphatic heterocycles. The molecule has 14 aromatic rings. The topological polar surface area (TPSA) is 375 Å². The average molecular weight is 2040 g/mol. The first kappa shape index (κ1) is 98.0. The number of piperazine rings is 3. The highest BCUT2D eigenvalue weighted by Gasteiger charge is 2.44. The highest BCUT2D eigenvalue weighted by molar-refractivity contribution is 7.93. The summed E-state index contributed by atoms with van der Waals surface area (Å²) in [6.45, 7) is 18.9. The van der Waals surface area contributed by atoms with E-state index in [9.17, 15) is 57.2 Å². The van der Waals surface area contributed by atoms with E-state index < -0.39 is 46.1 Å². The van der Waals surface area contributed by atoms with Crippen molar-refractivity contribution in [1.29, 1.82) is 0 Å². The lowest BCUT2D eigenvalue weighted by Gasteiger charge is -2.41. The minimum Gasteiger partial charge on any atom is -0.492 e. The Labute approximate surface area is 832 Å². The number of fused-ring (bicyclic) bond motifs is 5. The molecule has 4 saturated heterocycles. The molecule has 1 unspecified atom stereocenters. The Kier molecular flexibility index (Phi) is 29.5. The maximum Gasteiger partial charge on any atom is 0.264 e. The second-order valence-electron chi connectivity index (χ2n) is 35.0. The van der Waals surface area contributed by atoms with Crippen LogP contribution >= 0.6 is 34.3 Å². The molecule has 33 nitrogen and oxygen atoms in total. The number of para-hydroxylation sites is 1. The maximum absolute atomic E-state index is 14.3. The summed E-state index contributed by atoms with van der Waals surface area (Å²) in [5, 5.41) is 6.33. The number of carbonyl (C=O) groups excluding carboxylic acids is 4. The van der Waals surface area contributed by atoms with E-state index in [0.29, 0.717) is 80.6 Å². The number of ether oxygens (including phenoxy) is 1. The molecule has 6 aromatic heterocycles. The number of anilines is 9. The van der Waals surface area contributed by atoms with Crippen LogP contribution in [0.2, 0.25) is 5.02 Å². The number of piperidine rings is 1. The maximum atomic E-state index is 14.3. The molecule has 0 radical (unpaired) electrons. The number of sulfonamides is 4. The number of nitrogens with one attached hydrogen (secondary N) is 4. The van der Waals surface area contributed by atoms with E-state index in [1.54, 1.807) is 130 Å². The van der Waals surface area contributed by atoms with Gasteiger partial charge in [-0.05, 0) is 227 Å². The van der Waals surface area contributed by atoms with Gasteiger partial charge in [-0.3, -0.25) is 33.3 Å². The first-order valence-corrected chi connectivity index (χ1v) is 53.8. The normalized spacial score (nSPS) is 16.2. The Bertz CT molecular complexity index is 7280. The minimum absolute atomic E-state index is 0. The number of nitrogens with zero attached hydrogens (tertiary/aromatic N) is 16. The van der Waals surface area contributed by atoms with Crippen LogP contribution in [0, 0.1) is 18.7 Å². The third-order valence-electron chi connectivity index (χ3n) is 25.9. The van der Waals surface area contributed by atoms with Crippen LogP contribution in [0.15, 0.2) is 280 Å². The smallest absolute Gasteiger partial charge is 0.264 e. The molecule has 1 spiro atoms. The molecule has 8 aromatic carbocycles. The molecule has 6 aliphatic rings. The first-order chi connectivity index (χ1) is 67.3. The lowest BCUT2D eigenvalue weighted by atomic mass is 9.74. The van der Waals surface area contributed by atoms with E-state index in [-0.39, 0.29) is 110 Å². The van der Waals surface area contributed by atoms with Gasteiger partial charge in [0.25, 0.3) is 40.1 Å².